The van der Waals surface area contributed by atoms with Crippen molar-refractivity contribution in [2.75, 3.05) is 17.8 Å². The monoisotopic (exact) mass is 287 g/mol. The van der Waals surface area contributed by atoms with Crippen LogP contribution >= 0.6 is 0 Å². The van der Waals surface area contributed by atoms with E-state index in [1.165, 1.54) is 16.6 Å². The molecule has 1 aliphatic rings. The molecule has 1 N–H and O–H groups in total. The minimum atomic E-state index is -3.59. The molecule has 1 aliphatic heterocycles. The Morgan fingerprint density at radius 3 is 2.47 bits per heavy atom. The molecule has 2 heterocycles. The van der Waals surface area contributed by atoms with Crippen LogP contribution in [0.25, 0.3) is 0 Å². The second kappa shape index (κ2) is 5.42. The third kappa shape index (κ3) is 3.63. The lowest BCUT2D eigenvalue weighted by atomic mass is 9.94. The molecule has 0 aromatic carbocycles. The number of rotatable bonds is 3. The Bertz CT molecular complexity index is 522. The molecule has 0 spiro atoms. The maximum atomic E-state index is 12.7. The van der Waals surface area contributed by atoms with Crippen LogP contribution in [0.15, 0.2) is 18.3 Å². The standard InChI is InChI=1S/C12H18FN3O2S/c1-9-5-10(2)8-16(7-9)19(17,18)15-11-3-4-12(13)14-6-11/h3-4,6,9-10,15H,5,7-8H2,1-2H3. The van der Waals surface area contributed by atoms with Gasteiger partial charge in [0.05, 0.1) is 11.9 Å². The van der Waals surface area contributed by atoms with E-state index in [0.29, 0.717) is 24.9 Å². The molecule has 2 rings (SSSR count). The van der Waals surface area contributed by atoms with Crippen molar-refractivity contribution in [1.29, 1.82) is 0 Å². The Morgan fingerprint density at radius 2 is 1.95 bits per heavy atom. The first-order chi connectivity index (χ1) is 8.87. The molecule has 1 saturated heterocycles. The minimum Gasteiger partial charge on any atom is -0.269 e. The maximum absolute atomic E-state index is 12.7. The lowest BCUT2D eigenvalue weighted by Crippen LogP contribution is -2.45. The minimum absolute atomic E-state index is 0.271. The van der Waals surface area contributed by atoms with Crippen molar-refractivity contribution in [1.82, 2.24) is 9.29 Å². The Hall–Kier alpha value is -1.21. The lowest BCUT2D eigenvalue weighted by molar-refractivity contribution is 0.223. The Morgan fingerprint density at radius 1 is 1.32 bits per heavy atom. The summed E-state index contributed by atoms with van der Waals surface area (Å²) in [5.74, 6) is 0.0431. The van der Waals surface area contributed by atoms with Crippen LogP contribution in [0, 0.1) is 17.8 Å². The van der Waals surface area contributed by atoms with Gasteiger partial charge < -0.3 is 0 Å². The molecular weight excluding hydrogens is 269 g/mol. The molecule has 2 atom stereocenters. The summed E-state index contributed by atoms with van der Waals surface area (Å²) in [4.78, 5) is 3.43. The van der Waals surface area contributed by atoms with E-state index in [4.69, 9.17) is 0 Å². The highest BCUT2D eigenvalue weighted by Crippen LogP contribution is 2.23. The number of aromatic nitrogens is 1. The molecule has 19 heavy (non-hydrogen) atoms. The number of anilines is 1. The van der Waals surface area contributed by atoms with E-state index >= 15 is 0 Å². The number of nitrogens with zero attached hydrogens (tertiary/aromatic N) is 2. The topological polar surface area (TPSA) is 62.3 Å². The summed E-state index contributed by atoms with van der Waals surface area (Å²) >= 11 is 0. The number of hydrogen-bond acceptors (Lipinski definition) is 3. The SMILES string of the molecule is CC1CC(C)CN(S(=O)(=O)Nc2ccc(F)nc2)C1. The normalized spacial score (nSPS) is 25.2. The third-order valence-electron chi connectivity index (χ3n) is 3.15. The Labute approximate surface area is 113 Å². The first-order valence-corrected chi connectivity index (χ1v) is 7.70. The average molecular weight is 287 g/mol. The van der Waals surface area contributed by atoms with E-state index in [0.717, 1.165) is 12.5 Å². The van der Waals surface area contributed by atoms with Crippen molar-refractivity contribution in [2.45, 2.75) is 20.3 Å². The molecule has 1 aromatic heterocycles. The highest BCUT2D eigenvalue weighted by atomic mass is 32.2. The van der Waals surface area contributed by atoms with Gasteiger partial charge in [-0.25, -0.2) is 4.98 Å². The highest BCUT2D eigenvalue weighted by Gasteiger charge is 2.30. The summed E-state index contributed by atoms with van der Waals surface area (Å²) in [6.45, 7) is 5.10. The van der Waals surface area contributed by atoms with Gasteiger partial charge in [-0.2, -0.15) is 17.1 Å². The zero-order valence-corrected chi connectivity index (χ0v) is 11.8. The zero-order valence-electron chi connectivity index (χ0n) is 11.0. The fraction of sp³-hybridized carbons (Fsp3) is 0.583. The molecule has 0 radical (unpaired) electrons. The van der Waals surface area contributed by atoms with E-state index in [1.807, 2.05) is 13.8 Å². The second-order valence-corrected chi connectivity index (χ2v) is 6.91. The van der Waals surface area contributed by atoms with Crippen molar-refractivity contribution in [3.8, 4) is 0 Å². The Balaban J connectivity index is 2.11. The summed E-state index contributed by atoms with van der Waals surface area (Å²) < 4.78 is 41.0. The van der Waals surface area contributed by atoms with Crippen molar-refractivity contribution >= 4 is 15.9 Å². The van der Waals surface area contributed by atoms with Gasteiger partial charge >= 0.3 is 10.2 Å². The second-order valence-electron chi connectivity index (χ2n) is 5.24. The van der Waals surface area contributed by atoms with Crippen LogP contribution in [0.3, 0.4) is 0 Å². The largest absolute Gasteiger partial charge is 0.301 e. The first-order valence-electron chi connectivity index (χ1n) is 6.26. The molecule has 2 unspecified atom stereocenters. The van der Waals surface area contributed by atoms with E-state index < -0.39 is 16.2 Å². The maximum Gasteiger partial charge on any atom is 0.301 e. The summed E-state index contributed by atoms with van der Waals surface area (Å²) in [5, 5.41) is 0. The highest BCUT2D eigenvalue weighted by molar-refractivity contribution is 7.90. The van der Waals surface area contributed by atoms with Crippen LogP contribution in [0.4, 0.5) is 10.1 Å². The molecule has 1 aromatic rings. The van der Waals surface area contributed by atoms with Gasteiger partial charge in [0.2, 0.25) is 5.95 Å². The zero-order chi connectivity index (χ0) is 14.0. The fourth-order valence-corrected chi connectivity index (χ4v) is 3.90. The summed E-state index contributed by atoms with van der Waals surface area (Å²) in [6.07, 6.45) is 2.20. The van der Waals surface area contributed by atoms with Gasteiger partial charge in [0, 0.05) is 13.1 Å². The molecule has 7 heteroatoms. The van der Waals surface area contributed by atoms with Gasteiger partial charge in [-0.05, 0) is 30.4 Å². The fourth-order valence-electron chi connectivity index (χ4n) is 2.45. The van der Waals surface area contributed by atoms with Gasteiger partial charge in [-0.1, -0.05) is 13.8 Å². The van der Waals surface area contributed by atoms with Gasteiger partial charge in [0.1, 0.15) is 0 Å². The van der Waals surface area contributed by atoms with E-state index in [1.54, 1.807) is 0 Å². The predicted octanol–water partition coefficient (Wildman–Crippen LogP) is 1.86. The number of nitrogens with one attached hydrogen (secondary N) is 1. The van der Waals surface area contributed by atoms with Crippen LogP contribution in [-0.2, 0) is 10.2 Å². The summed E-state index contributed by atoms with van der Waals surface area (Å²) in [6, 6.07) is 2.48. The van der Waals surface area contributed by atoms with E-state index in [-0.39, 0.29) is 5.69 Å². The molecule has 0 saturated carbocycles. The molecule has 0 bridgehead atoms. The summed E-state index contributed by atoms with van der Waals surface area (Å²) in [5.41, 5.74) is 0.271. The van der Waals surface area contributed by atoms with Gasteiger partial charge in [-0.15, -0.1) is 0 Å². The smallest absolute Gasteiger partial charge is 0.269 e. The number of pyridine rings is 1. The molecule has 106 valence electrons. The van der Waals surface area contributed by atoms with Crippen LogP contribution in [0.2, 0.25) is 0 Å². The quantitative estimate of drug-likeness (QED) is 0.863. The number of halogens is 1. The van der Waals surface area contributed by atoms with Crippen molar-refractivity contribution in [3.05, 3.63) is 24.3 Å². The van der Waals surface area contributed by atoms with Crippen LogP contribution in [-0.4, -0.2) is 30.8 Å². The molecular formula is C12H18FN3O2S. The molecule has 0 amide bonds. The van der Waals surface area contributed by atoms with E-state index in [2.05, 4.69) is 9.71 Å². The lowest BCUT2D eigenvalue weighted by Gasteiger charge is -2.33. The third-order valence-corrected chi connectivity index (χ3v) is 4.62. The summed E-state index contributed by atoms with van der Waals surface area (Å²) in [7, 11) is -3.59. The van der Waals surface area contributed by atoms with Crippen molar-refractivity contribution in [2.24, 2.45) is 11.8 Å². The van der Waals surface area contributed by atoms with Crippen LogP contribution in [0.1, 0.15) is 20.3 Å². The van der Waals surface area contributed by atoms with Crippen LogP contribution in [0.5, 0.6) is 0 Å². The van der Waals surface area contributed by atoms with Gasteiger partial charge in [0.25, 0.3) is 0 Å². The number of piperidine rings is 1. The molecule has 1 fully saturated rings. The van der Waals surface area contributed by atoms with Crippen molar-refractivity contribution < 1.29 is 12.8 Å². The van der Waals surface area contributed by atoms with E-state index in [9.17, 15) is 12.8 Å². The first kappa shape index (κ1) is 14.2. The van der Waals surface area contributed by atoms with Gasteiger partial charge in [-0.3, -0.25) is 4.72 Å². The predicted molar refractivity (Wildman–Crippen MR) is 71.3 cm³/mol. The molecule has 5 nitrogen and oxygen atoms in total. The average Bonchev–Trinajstić information content (AvgIpc) is 2.31. The van der Waals surface area contributed by atoms with Gasteiger partial charge in [0.15, 0.2) is 0 Å². The number of hydrogen-bond donors (Lipinski definition) is 1. The molecule has 0 aliphatic carbocycles. The van der Waals surface area contributed by atoms with Crippen molar-refractivity contribution in [3.63, 3.8) is 0 Å². The Kier molecular flexibility index (Phi) is 4.05. The van der Waals surface area contributed by atoms with Crippen LogP contribution < -0.4 is 4.72 Å².